The van der Waals surface area contributed by atoms with Crippen LogP contribution >= 0.6 is 0 Å². The molecule has 0 radical (unpaired) electrons. The lowest BCUT2D eigenvalue weighted by Gasteiger charge is -2.09. The van der Waals surface area contributed by atoms with E-state index in [0.717, 1.165) is 24.3 Å². The molecule has 0 bridgehead atoms. The summed E-state index contributed by atoms with van der Waals surface area (Å²) >= 11 is 0. The number of carbonyl (C=O) groups excluding carboxylic acids is 1. The molecule has 142 valence electrons. The lowest BCUT2D eigenvalue weighted by atomic mass is 9.99. The number of aliphatic imine (C=N–C) groups is 1. The van der Waals surface area contributed by atoms with E-state index in [1.807, 2.05) is 13.0 Å². The van der Waals surface area contributed by atoms with Crippen molar-refractivity contribution in [1.29, 1.82) is 0 Å². The van der Waals surface area contributed by atoms with Gasteiger partial charge in [0.2, 0.25) is 0 Å². The van der Waals surface area contributed by atoms with E-state index in [0.29, 0.717) is 37.3 Å². The molecular formula is C18H27N5O3. The van der Waals surface area contributed by atoms with Crippen LogP contribution in [0.4, 0.5) is 0 Å². The Bertz CT molecular complexity index is 731. The number of guanidine groups is 1. The molecule has 2 aromatic heterocycles. The van der Waals surface area contributed by atoms with E-state index >= 15 is 0 Å². The van der Waals surface area contributed by atoms with Crippen LogP contribution in [-0.2, 0) is 13.1 Å². The first-order valence-electron chi connectivity index (χ1n) is 8.93. The molecule has 0 spiro atoms. The third-order valence-electron chi connectivity index (χ3n) is 4.05. The zero-order valence-corrected chi connectivity index (χ0v) is 15.5. The Morgan fingerprint density at radius 1 is 1.23 bits per heavy atom. The van der Waals surface area contributed by atoms with Gasteiger partial charge in [-0.1, -0.05) is 19.0 Å². The third-order valence-corrected chi connectivity index (χ3v) is 4.05. The number of nitrogens with zero attached hydrogens (tertiary/aromatic N) is 2. The first-order chi connectivity index (χ1) is 12.6. The molecule has 2 rings (SSSR count). The predicted molar refractivity (Wildman–Crippen MR) is 98.7 cm³/mol. The minimum absolute atomic E-state index is 0.138. The van der Waals surface area contributed by atoms with Crippen LogP contribution in [0, 0.1) is 0 Å². The van der Waals surface area contributed by atoms with Crippen molar-refractivity contribution in [3.05, 3.63) is 41.2 Å². The molecule has 0 atom stereocenters. The van der Waals surface area contributed by atoms with Crippen LogP contribution in [0.25, 0.3) is 0 Å². The molecule has 0 saturated heterocycles. The van der Waals surface area contributed by atoms with E-state index in [-0.39, 0.29) is 5.76 Å². The van der Waals surface area contributed by atoms with Crippen molar-refractivity contribution < 1.29 is 13.7 Å². The fourth-order valence-corrected chi connectivity index (χ4v) is 2.58. The van der Waals surface area contributed by atoms with Gasteiger partial charge in [-0.3, -0.25) is 4.79 Å². The van der Waals surface area contributed by atoms with Gasteiger partial charge in [0, 0.05) is 18.5 Å². The molecular weight excluding hydrogens is 334 g/mol. The van der Waals surface area contributed by atoms with Crippen LogP contribution in [0.2, 0.25) is 0 Å². The van der Waals surface area contributed by atoms with E-state index in [4.69, 9.17) is 14.7 Å². The van der Waals surface area contributed by atoms with Crippen LogP contribution in [0.1, 0.15) is 67.3 Å². The van der Waals surface area contributed by atoms with E-state index in [1.165, 1.54) is 0 Å². The van der Waals surface area contributed by atoms with E-state index in [9.17, 15) is 4.79 Å². The maximum Gasteiger partial charge on any atom is 0.284 e. The number of amides is 1. The SMILES string of the molecule is CCNC(=NCc1cc(C(CC)CC)no1)NCc1ccc(C(N)=O)o1. The number of carbonyl (C=O) groups is 1. The average molecular weight is 361 g/mol. The molecule has 2 heterocycles. The van der Waals surface area contributed by atoms with Crippen LogP contribution in [0.3, 0.4) is 0 Å². The maximum absolute atomic E-state index is 11.1. The van der Waals surface area contributed by atoms with E-state index in [2.05, 4.69) is 34.6 Å². The van der Waals surface area contributed by atoms with Gasteiger partial charge in [-0.05, 0) is 31.9 Å². The Kier molecular flexibility index (Phi) is 7.25. The number of aromatic nitrogens is 1. The highest BCUT2D eigenvalue weighted by atomic mass is 16.5. The van der Waals surface area contributed by atoms with Crippen molar-refractivity contribution in [2.24, 2.45) is 10.7 Å². The smallest absolute Gasteiger partial charge is 0.284 e. The minimum atomic E-state index is -0.588. The molecule has 0 aliphatic rings. The Balaban J connectivity index is 1.96. The highest BCUT2D eigenvalue weighted by Gasteiger charge is 2.13. The molecule has 0 aliphatic carbocycles. The first-order valence-corrected chi connectivity index (χ1v) is 8.93. The summed E-state index contributed by atoms with van der Waals surface area (Å²) in [7, 11) is 0. The Morgan fingerprint density at radius 2 is 2.00 bits per heavy atom. The van der Waals surface area contributed by atoms with Gasteiger partial charge in [0.15, 0.2) is 17.5 Å². The summed E-state index contributed by atoms with van der Waals surface area (Å²) in [5.41, 5.74) is 6.16. The summed E-state index contributed by atoms with van der Waals surface area (Å²) in [4.78, 5) is 15.6. The molecule has 0 unspecified atom stereocenters. The standard InChI is InChI=1S/C18H27N5O3/c1-4-12(5-2)15-9-14(26-23-15)11-22-18(20-6-3)21-10-13-7-8-16(25-13)17(19)24/h7-9,12H,4-6,10-11H2,1-3H3,(H2,19,24)(H2,20,21,22). The van der Waals surface area contributed by atoms with Gasteiger partial charge in [0.05, 0.1) is 12.2 Å². The monoisotopic (exact) mass is 361 g/mol. The lowest BCUT2D eigenvalue weighted by Crippen LogP contribution is -2.36. The number of nitrogens with one attached hydrogen (secondary N) is 2. The normalized spacial score (nSPS) is 11.8. The van der Waals surface area contributed by atoms with Gasteiger partial charge in [-0.2, -0.15) is 0 Å². The van der Waals surface area contributed by atoms with Crippen molar-refractivity contribution in [2.45, 2.75) is 52.6 Å². The highest BCUT2D eigenvalue weighted by molar-refractivity contribution is 5.89. The largest absolute Gasteiger partial charge is 0.454 e. The van der Waals surface area contributed by atoms with Gasteiger partial charge in [0.1, 0.15) is 12.3 Å². The van der Waals surface area contributed by atoms with Gasteiger partial charge in [-0.25, -0.2) is 4.99 Å². The third kappa shape index (κ3) is 5.37. The topological polar surface area (TPSA) is 119 Å². The van der Waals surface area contributed by atoms with Gasteiger partial charge >= 0.3 is 0 Å². The van der Waals surface area contributed by atoms with Crippen LogP contribution in [0.15, 0.2) is 32.1 Å². The quantitative estimate of drug-likeness (QED) is 0.466. The molecule has 0 aromatic carbocycles. The minimum Gasteiger partial charge on any atom is -0.454 e. The maximum atomic E-state index is 11.1. The fourth-order valence-electron chi connectivity index (χ4n) is 2.58. The number of primary amides is 1. The van der Waals surface area contributed by atoms with Gasteiger partial charge in [-0.15, -0.1) is 0 Å². The Labute approximate surface area is 153 Å². The summed E-state index contributed by atoms with van der Waals surface area (Å²) in [6.45, 7) is 7.75. The number of hydrogen-bond donors (Lipinski definition) is 3. The van der Waals surface area contributed by atoms with Crippen molar-refractivity contribution in [2.75, 3.05) is 6.54 Å². The molecule has 8 heteroatoms. The molecule has 0 aliphatic heterocycles. The second-order valence-electron chi connectivity index (χ2n) is 5.91. The second kappa shape index (κ2) is 9.65. The zero-order valence-electron chi connectivity index (χ0n) is 15.5. The zero-order chi connectivity index (χ0) is 18.9. The van der Waals surface area contributed by atoms with Crippen molar-refractivity contribution >= 4 is 11.9 Å². The second-order valence-corrected chi connectivity index (χ2v) is 5.91. The van der Waals surface area contributed by atoms with Crippen molar-refractivity contribution in [3.8, 4) is 0 Å². The molecule has 4 N–H and O–H groups in total. The lowest BCUT2D eigenvalue weighted by molar-refractivity contribution is 0.0972. The molecule has 0 saturated carbocycles. The summed E-state index contributed by atoms with van der Waals surface area (Å²) in [6.07, 6.45) is 2.07. The molecule has 0 fully saturated rings. The van der Waals surface area contributed by atoms with Crippen molar-refractivity contribution in [1.82, 2.24) is 15.8 Å². The van der Waals surface area contributed by atoms with Gasteiger partial charge < -0.3 is 25.3 Å². The van der Waals surface area contributed by atoms with Gasteiger partial charge in [0.25, 0.3) is 5.91 Å². The van der Waals surface area contributed by atoms with E-state index < -0.39 is 5.91 Å². The summed E-state index contributed by atoms with van der Waals surface area (Å²) < 4.78 is 10.7. The fraction of sp³-hybridized carbons (Fsp3) is 0.500. The highest BCUT2D eigenvalue weighted by Crippen LogP contribution is 2.22. The number of rotatable bonds is 9. The molecule has 8 nitrogen and oxygen atoms in total. The Hall–Kier alpha value is -2.77. The summed E-state index contributed by atoms with van der Waals surface area (Å²) in [6, 6.07) is 5.22. The summed E-state index contributed by atoms with van der Waals surface area (Å²) in [5.74, 6) is 1.90. The summed E-state index contributed by atoms with van der Waals surface area (Å²) in [5, 5.41) is 10.4. The average Bonchev–Trinajstić information content (AvgIpc) is 3.28. The van der Waals surface area contributed by atoms with Crippen LogP contribution in [0.5, 0.6) is 0 Å². The van der Waals surface area contributed by atoms with Crippen LogP contribution < -0.4 is 16.4 Å². The number of hydrogen-bond acceptors (Lipinski definition) is 5. The van der Waals surface area contributed by atoms with Crippen molar-refractivity contribution in [3.63, 3.8) is 0 Å². The molecule has 26 heavy (non-hydrogen) atoms. The van der Waals surface area contributed by atoms with Crippen LogP contribution in [-0.4, -0.2) is 23.6 Å². The number of nitrogens with two attached hydrogens (primary N) is 1. The first kappa shape index (κ1) is 19.6. The molecule has 1 amide bonds. The molecule has 2 aromatic rings. The Morgan fingerprint density at radius 3 is 2.62 bits per heavy atom. The predicted octanol–water partition coefficient (Wildman–Crippen LogP) is 2.53. The number of furan rings is 1. The van der Waals surface area contributed by atoms with E-state index in [1.54, 1.807) is 12.1 Å².